The van der Waals surface area contributed by atoms with Gasteiger partial charge in [0.1, 0.15) is 5.75 Å². The first-order valence-corrected chi connectivity index (χ1v) is 7.35. The highest BCUT2D eigenvalue weighted by atomic mass is 32.2. The van der Waals surface area contributed by atoms with E-state index in [-0.39, 0.29) is 5.75 Å². The first-order chi connectivity index (χ1) is 10.6. The van der Waals surface area contributed by atoms with Crippen LogP contribution >= 0.6 is 11.8 Å². The number of amides is 1. The smallest absolute Gasteiger partial charge is 0.240 e. The molecule has 0 atom stereocenters. The van der Waals surface area contributed by atoms with Crippen molar-refractivity contribution in [2.24, 2.45) is 10.8 Å². The normalized spacial score (nSPS) is 11.3. The molecule has 0 aliphatic rings. The Morgan fingerprint density at radius 2 is 2.36 bits per heavy atom. The molecule has 1 aromatic heterocycles. The number of nitrogens with two attached hydrogens (primary N) is 1. The number of aromatic amines is 1. The van der Waals surface area contributed by atoms with Gasteiger partial charge in [-0.1, -0.05) is 23.9 Å². The van der Waals surface area contributed by atoms with E-state index in [1.807, 2.05) is 31.2 Å². The molecule has 1 heterocycles. The number of hydrazone groups is 1. The Bertz CT molecular complexity index is 685. The number of carbonyl (C=O) groups excluding carboxylic acids is 1. The second-order valence-electron chi connectivity index (χ2n) is 4.26. The van der Waals surface area contributed by atoms with Crippen LogP contribution in [-0.2, 0) is 4.79 Å². The van der Waals surface area contributed by atoms with Gasteiger partial charge in [0.2, 0.25) is 17.0 Å². The van der Waals surface area contributed by atoms with Gasteiger partial charge >= 0.3 is 0 Å². The number of primary amides is 1. The van der Waals surface area contributed by atoms with Crippen molar-refractivity contribution in [2.45, 2.75) is 12.1 Å². The maximum Gasteiger partial charge on any atom is 0.240 e. The Hall–Kier alpha value is -2.55. The van der Waals surface area contributed by atoms with E-state index in [1.54, 1.807) is 7.11 Å². The number of H-pyrrole nitrogens is 1. The summed E-state index contributed by atoms with van der Waals surface area (Å²) in [4.78, 5) is 14.8. The molecule has 116 valence electrons. The van der Waals surface area contributed by atoms with Crippen molar-refractivity contribution < 1.29 is 9.53 Å². The van der Waals surface area contributed by atoms with Crippen molar-refractivity contribution in [1.29, 1.82) is 0 Å². The van der Waals surface area contributed by atoms with E-state index in [0.29, 0.717) is 11.1 Å². The van der Waals surface area contributed by atoms with Crippen LogP contribution in [0.2, 0.25) is 0 Å². The molecule has 0 saturated heterocycles. The van der Waals surface area contributed by atoms with E-state index < -0.39 is 5.91 Å². The highest BCUT2D eigenvalue weighted by Gasteiger charge is 2.05. The van der Waals surface area contributed by atoms with E-state index in [4.69, 9.17) is 10.5 Å². The molecular formula is C13H16N6O2S. The fourth-order valence-electron chi connectivity index (χ4n) is 1.55. The Balaban J connectivity index is 1.99. The minimum atomic E-state index is -0.420. The summed E-state index contributed by atoms with van der Waals surface area (Å²) < 4.78 is 5.17. The number of rotatable bonds is 7. The van der Waals surface area contributed by atoms with Gasteiger partial charge in [-0.05, 0) is 19.1 Å². The maximum absolute atomic E-state index is 10.7. The second-order valence-corrected chi connectivity index (χ2v) is 5.21. The van der Waals surface area contributed by atoms with Crippen LogP contribution < -0.4 is 15.9 Å². The Kier molecular flexibility index (Phi) is 5.37. The number of nitrogens with zero attached hydrogens (tertiary/aromatic N) is 3. The van der Waals surface area contributed by atoms with Gasteiger partial charge in [-0.25, -0.2) is 10.5 Å². The van der Waals surface area contributed by atoms with Crippen LogP contribution in [0.5, 0.6) is 5.75 Å². The molecule has 2 aromatic rings. The average molecular weight is 320 g/mol. The summed E-state index contributed by atoms with van der Waals surface area (Å²) in [6, 6.07) is 7.57. The van der Waals surface area contributed by atoms with Crippen LogP contribution in [0.25, 0.3) is 0 Å². The first kappa shape index (κ1) is 15.8. The molecule has 9 heteroatoms. The van der Waals surface area contributed by atoms with Gasteiger partial charge in [-0.3, -0.25) is 4.79 Å². The van der Waals surface area contributed by atoms with E-state index in [0.717, 1.165) is 28.8 Å². The van der Waals surface area contributed by atoms with Gasteiger partial charge in [0.25, 0.3) is 0 Å². The van der Waals surface area contributed by atoms with E-state index >= 15 is 0 Å². The molecule has 0 bridgehead atoms. The number of hydrogen-bond acceptors (Lipinski definition) is 7. The van der Waals surface area contributed by atoms with Gasteiger partial charge < -0.3 is 10.5 Å². The van der Waals surface area contributed by atoms with Crippen molar-refractivity contribution in [2.75, 3.05) is 18.3 Å². The third-order valence-corrected chi connectivity index (χ3v) is 3.50. The lowest BCUT2D eigenvalue weighted by atomic mass is 10.1. The molecule has 1 aromatic carbocycles. The summed E-state index contributed by atoms with van der Waals surface area (Å²) in [6.07, 6.45) is 0. The Morgan fingerprint density at radius 3 is 3.09 bits per heavy atom. The van der Waals surface area contributed by atoms with Crippen molar-refractivity contribution in [3.05, 3.63) is 29.8 Å². The number of methoxy groups -OCH3 is 1. The lowest BCUT2D eigenvalue weighted by Crippen LogP contribution is -2.13. The van der Waals surface area contributed by atoms with Crippen LogP contribution in [0.15, 0.2) is 34.5 Å². The lowest BCUT2D eigenvalue weighted by Gasteiger charge is -2.04. The summed E-state index contributed by atoms with van der Waals surface area (Å²) >= 11 is 1.15. The van der Waals surface area contributed by atoms with Crippen molar-refractivity contribution in [3.8, 4) is 5.75 Å². The standard InChI is InChI=1S/C13H16N6O2S/c1-8(9-4-3-5-10(6-9)21-2)16-17-12-15-13(19-18-12)22-7-11(14)20/h3-6H,7H2,1-2H3,(H2,14,20)(H2,15,17,18,19)/b16-8+. The zero-order valence-electron chi connectivity index (χ0n) is 12.2. The number of anilines is 1. The molecule has 0 unspecified atom stereocenters. The molecule has 0 aliphatic heterocycles. The maximum atomic E-state index is 10.7. The van der Waals surface area contributed by atoms with Gasteiger partial charge in [-0.15, -0.1) is 5.10 Å². The first-order valence-electron chi connectivity index (χ1n) is 6.36. The monoisotopic (exact) mass is 320 g/mol. The van der Waals surface area contributed by atoms with Crippen molar-refractivity contribution in [3.63, 3.8) is 0 Å². The molecule has 1 amide bonds. The number of ether oxygens (including phenoxy) is 1. The number of hydrogen-bond donors (Lipinski definition) is 3. The van der Waals surface area contributed by atoms with Crippen LogP contribution in [0.4, 0.5) is 5.95 Å². The third kappa shape index (κ3) is 4.48. The predicted molar refractivity (Wildman–Crippen MR) is 85.1 cm³/mol. The second kappa shape index (κ2) is 7.46. The Morgan fingerprint density at radius 1 is 1.55 bits per heavy atom. The van der Waals surface area contributed by atoms with Crippen LogP contribution in [0.1, 0.15) is 12.5 Å². The van der Waals surface area contributed by atoms with Crippen LogP contribution in [0.3, 0.4) is 0 Å². The van der Waals surface area contributed by atoms with Gasteiger partial charge in [0.05, 0.1) is 18.6 Å². The minimum Gasteiger partial charge on any atom is -0.497 e. The number of thioether (sulfide) groups is 1. The van der Waals surface area contributed by atoms with Gasteiger partial charge in [0.15, 0.2) is 0 Å². The fraction of sp³-hybridized carbons (Fsp3) is 0.231. The lowest BCUT2D eigenvalue weighted by molar-refractivity contribution is -0.115. The van der Waals surface area contributed by atoms with Gasteiger partial charge in [-0.2, -0.15) is 10.1 Å². The highest BCUT2D eigenvalue weighted by Crippen LogP contribution is 2.15. The SMILES string of the molecule is COc1cccc(/C(C)=N/Nc2nc(SCC(N)=O)n[nH]2)c1. The quantitative estimate of drug-likeness (QED) is 0.401. The third-order valence-electron chi connectivity index (χ3n) is 2.63. The summed E-state index contributed by atoms with van der Waals surface area (Å²) in [5, 5.41) is 11.3. The van der Waals surface area contributed by atoms with Crippen molar-refractivity contribution in [1.82, 2.24) is 15.2 Å². The molecule has 22 heavy (non-hydrogen) atoms. The fourth-order valence-corrected chi connectivity index (χ4v) is 2.08. The van der Waals surface area contributed by atoms with E-state index in [9.17, 15) is 4.79 Å². The number of benzene rings is 1. The molecule has 0 spiro atoms. The van der Waals surface area contributed by atoms with E-state index in [1.165, 1.54) is 0 Å². The molecule has 4 N–H and O–H groups in total. The minimum absolute atomic E-state index is 0.128. The van der Waals surface area contributed by atoms with Crippen LogP contribution in [-0.4, -0.2) is 39.7 Å². The predicted octanol–water partition coefficient (Wildman–Crippen LogP) is 1.23. The number of aromatic nitrogens is 3. The summed E-state index contributed by atoms with van der Waals surface area (Å²) in [6.45, 7) is 1.86. The molecule has 8 nitrogen and oxygen atoms in total. The Labute approximate surface area is 131 Å². The van der Waals surface area contributed by atoms with Crippen LogP contribution in [0, 0.1) is 0 Å². The molecule has 0 radical (unpaired) electrons. The summed E-state index contributed by atoms with van der Waals surface area (Å²) in [5.74, 6) is 0.853. The average Bonchev–Trinajstić information content (AvgIpc) is 2.98. The topological polar surface area (TPSA) is 118 Å². The van der Waals surface area contributed by atoms with Gasteiger partial charge in [0, 0.05) is 5.56 Å². The summed E-state index contributed by atoms with van der Waals surface area (Å²) in [7, 11) is 1.61. The van der Waals surface area contributed by atoms with Crippen molar-refractivity contribution >= 4 is 29.3 Å². The van der Waals surface area contributed by atoms with E-state index in [2.05, 4.69) is 25.7 Å². The largest absolute Gasteiger partial charge is 0.497 e. The molecule has 0 saturated carbocycles. The molecular weight excluding hydrogens is 304 g/mol. The number of carbonyl (C=O) groups is 1. The molecule has 0 aliphatic carbocycles. The highest BCUT2D eigenvalue weighted by molar-refractivity contribution is 7.99. The molecule has 2 rings (SSSR count). The zero-order valence-corrected chi connectivity index (χ0v) is 13.0. The summed E-state index contributed by atoms with van der Waals surface area (Å²) in [5.41, 5.74) is 9.53. The zero-order chi connectivity index (χ0) is 15.9. The molecule has 0 fully saturated rings. The number of nitrogens with one attached hydrogen (secondary N) is 2.